The zero-order valence-electron chi connectivity index (χ0n) is 12.2. The van der Waals surface area contributed by atoms with Crippen molar-refractivity contribution < 1.29 is 4.52 Å². The first-order valence-corrected chi connectivity index (χ1v) is 7.65. The number of hydrogen-bond donors (Lipinski definition) is 0. The summed E-state index contributed by atoms with van der Waals surface area (Å²) in [5, 5.41) is 4.71. The average Bonchev–Trinajstić information content (AvgIpc) is 3.08. The van der Waals surface area contributed by atoms with E-state index in [9.17, 15) is 0 Å². The molecule has 0 saturated carbocycles. The Balaban J connectivity index is 1.85. The van der Waals surface area contributed by atoms with E-state index in [4.69, 9.17) is 4.52 Å². The molecule has 2 aromatic heterocycles. The lowest BCUT2D eigenvalue weighted by Crippen LogP contribution is -1.98. The summed E-state index contributed by atoms with van der Waals surface area (Å²) in [7, 11) is 0. The van der Waals surface area contributed by atoms with Crippen molar-refractivity contribution in [1.82, 2.24) is 19.7 Å². The van der Waals surface area contributed by atoms with Crippen molar-refractivity contribution in [1.29, 1.82) is 0 Å². The molecular formula is C15H16N4OS. The SMILES string of the molecule is Cc1ccc(C)c(-n2ccnc2SCc2nc(C)no2)c1. The third kappa shape index (κ3) is 3.00. The lowest BCUT2D eigenvalue weighted by atomic mass is 10.1. The molecule has 0 fully saturated rings. The molecule has 2 heterocycles. The van der Waals surface area contributed by atoms with Gasteiger partial charge in [-0.05, 0) is 38.0 Å². The molecule has 108 valence electrons. The quantitative estimate of drug-likeness (QED) is 0.690. The third-order valence-electron chi connectivity index (χ3n) is 3.13. The molecule has 21 heavy (non-hydrogen) atoms. The van der Waals surface area contributed by atoms with Crippen LogP contribution in [0.3, 0.4) is 0 Å². The first-order chi connectivity index (χ1) is 10.1. The third-order valence-corrected chi connectivity index (χ3v) is 4.08. The van der Waals surface area contributed by atoms with Gasteiger partial charge in [-0.1, -0.05) is 29.1 Å². The molecular weight excluding hydrogens is 284 g/mol. The second kappa shape index (κ2) is 5.73. The van der Waals surface area contributed by atoms with Gasteiger partial charge in [0, 0.05) is 12.4 Å². The lowest BCUT2D eigenvalue weighted by molar-refractivity contribution is 0.387. The highest BCUT2D eigenvalue weighted by atomic mass is 32.2. The minimum atomic E-state index is 0.614. The first-order valence-electron chi connectivity index (χ1n) is 6.66. The number of nitrogens with zero attached hydrogens (tertiary/aromatic N) is 4. The molecule has 6 heteroatoms. The molecule has 0 radical (unpaired) electrons. The average molecular weight is 300 g/mol. The summed E-state index contributed by atoms with van der Waals surface area (Å²) in [4.78, 5) is 8.63. The minimum absolute atomic E-state index is 0.614. The van der Waals surface area contributed by atoms with Crippen LogP contribution >= 0.6 is 11.8 Å². The van der Waals surface area contributed by atoms with Crippen LogP contribution in [0.1, 0.15) is 22.8 Å². The summed E-state index contributed by atoms with van der Waals surface area (Å²) >= 11 is 1.59. The maximum Gasteiger partial charge on any atom is 0.237 e. The molecule has 0 spiro atoms. The van der Waals surface area contributed by atoms with E-state index in [1.165, 1.54) is 11.1 Å². The molecule has 0 atom stereocenters. The second-order valence-electron chi connectivity index (χ2n) is 4.89. The van der Waals surface area contributed by atoms with E-state index in [1.807, 2.05) is 19.3 Å². The van der Waals surface area contributed by atoms with Gasteiger partial charge in [0.15, 0.2) is 11.0 Å². The largest absolute Gasteiger partial charge is 0.338 e. The maximum atomic E-state index is 5.13. The number of benzene rings is 1. The Kier molecular flexibility index (Phi) is 3.79. The van der Waals surface area contributed by atoms with Crippen molar-refractivity contribution in [2.75, 3.05) is 0 Å². The second-order valence-corrected chi connectivity index (χ2v) is 5.84. The van der Waals surface area contributed by atoms with Crippen molar-refractivity contribution in [3.8, 4) is 5.69 Å². The number of hydrogen-bond acceptors (Lipinski definition) is 5. The molecule has 0 bridgehead atoms. The van der Waals surface area contributed by atoms with E-state index in [0.29, 0.717) is 17.5 Å². The minimum Gasteiger partial charge on any atom is -0.338 e. The van der Waals surface area contributed by atoms with Gasteiger partial charge in [-0.3, -0.25) is 4.57 Å². The zero-order chi connectivity index (χ0) is 14.8. The topological polar surface area (TPSA) is 56.7 Å². The van der Waals surface area contributed by atoms with Crippen molar-refractivity contribution in [2.45, 2.75) is 31.7 Å². The van der Waals surface area contributed by atoms with Crippen LogP contribution in [-0.2, 0) is 5.75 Å². The van der Waals surface area contributed by atoms with Crippen LogP contribution < -0.4 is 0 Å². The molecule has 0 N–H and O–H groups in total. The fourth-order valence-electron chi connectivity index (χ4n) is 2.08. The number of aromatic nitrogens is 4. The van der Waals surface area contributed by atoms with E-state index in [-0.39, 0.29) is 0 Å². The van der Waals surface area contributed by atoms with Crippen molar-refractivity contribution in [2.24, 2.45) is 0 Å². The van der Waals surface area contributed by atoms with Crippen LogP contribution in [-0.4, -0.2) is 19.7 Å². The molecule has 0 amide bonds. The molecule has 0 aliphatic heterocycles. The highest BCUT2D eigenvalue weighted by Crippen LogP contribution is 2.25. The van der Waals surface area contributed by atoms with Crippen LogP contribution in [0.2, 0.25) is 0 Å². The summed E-state index contributed by atoms with van der Waals surface area (Å²) < 4.78 is 7.23. The van der Waals surface area contributed by atoms with E-state index < -0.39 is 0 Å². The highest BCUT2D eigenvalue weighted by molar-refractivity contribution is 7.98. The summed E-state index contributed by atoms with van der Waals surface area (Å²) in [5.74, 6) is 1.89. The molecule has 0 aliphatic rings. The molecule has 3 rings (SSSR count). The predicted octanol–water partition coefficient (Wildman–Crippen LogP) is 3.47. The van der Waals surface area contributed by atoms with Gasteiger partial charge in [0.05, 0.1) is 11.4 Å². The molecule has 0 aliphatic carbocycles. The molecule has 1 aromatic carbocycles. The van der Waals surface area contributed by atoms with Crippen LogP contribution in [0.25, 0.3) is 5.69 Å². The fraction of sp³-hybridized carbons (Fsp3) is 0.267. The van der Waals surface area contributed by atoms with Crippen LogP contribution in [0, 0.1) is 20.8 Å². The van der Waals surface area contributed by atoms with E-state index >= 15 is 0 Å². The van der Waals surface area contributed by atoms with Gasteiger partial charge >= 0.3 is 0 Å². The van der Waals surface area contributed by atoms with E-state index in [0.717, 1.165) is 10.8 Å². The summed E-state index contributed by atoms with van der Waals surface area (Å²) in [6, 6.07) is 6.40. The van der Waals surface area contributed by atoms with Crippen molar-refractivity contribution in [3.05, 3.63) is 53.4 Å². The number of rotatable bonds is 4. The zero-order valence-corrected chi connectivity index (χ0v) is 13.0. The van der Waals surface area contributed by atoms with Gasteiger partial charge in [-0.2, -0.15) is 4.98 Å². The van der Waals surface area contributed by atoms with Gasteiger partial charge < -0.3 is 4.52 Å². The maximum absolute atomic E-state index is 5.13. The van der Waals surface area contributed by atoms with E-state index in [2.05, 4.69) is 51.7 Å². The smallest absolute Gasteiger partial charge is 0.237 e. The van der Waals surface area contributed by atoms with Crippen LogP contribution in [0.15, 0.2) is 40.3 Å². The first kappa shape index (κ1) is 13.9. The predicted molar refractivity (Wildman–Crippen MR) is 81.6 cm³/mol. The van der Waals surface area contributed by atoms with Crippen LogP contribution in [0.5, 0.6) is 0 Å². The van der Waals surface area contributed by atoms with Gasteiger partial charge in [0.2, 0.25) is 5.89 Å². The molecule has 0 saturated heterocycles. The van der Waals surface area contributed by atoms with Crippen LogP contribution in [0.4, 0.5) is 0 Å². The van der Waals surface area contributed by atoms with Gasteiger partial charge in [-0.15, -0.1) is 0 Å². The Bertz CT molecular complexity index is 763. The lowest BCUT2D eigenvalue weighted by Gasteiger charge is -2.10. The number of imidazole rings is 1. The highest BCUT2D eigenvalue weighted by Gasteiger charge is 2.11. The van der Waals surface area contributed by atoms with Gasteiger partial charge in [0.1, 0.15) is 0 Å². The van der Waals surface area contributed by atoms with E-state index in [1.54, 1.807) is 11.8 Å². The molecule has 0 unspecified atom stereocenters. The Morgan fingerprint density at radius 2 is 2.10 bits per heavy atom. The number of thioether (sulfide) groups is 1. The fourth-order valence-corrected chi connectivity index (χ4v) is 2.89. The number of aryl methyl sites for hydroxylation is 3. The Hall–Kier alpha value is -2.08. The Morgan fingerprint density at radius 3 is 2.86 bits per heavy atom. The summed E-state index contributed by atoms with van der Waals surface area (Å²) in [6.45, 7) is 6.01. The molecule has 3 aromatic rings. The van der Waals surface area contributed by atoms with Gasteiger partial charge in [0.25, 0.3) is 0 Å². The van der Waals surface area contributed by atoms with Crippen molar-refractivity contribution in [3.63, 3.8) is 0 Å². The summed E-state index contributed by atoms with van der Waals surface area (Å²) in [5.41, 5.74) is 3.60. The normalized spacial score (nSPS) is 11.0. The van der Waals surface area contributed by atoms with Crippen molar-refractivity contribution >= 4 is 11.8 Å². The molecule has 5 nitrogen and oxygen atoms in total. The van der Waals surface area contributed by atoms with Gasteiger partial charge in [-0.25, -0.2) is 4.98 Å². The summed E-state index contributed by atoms with van der Waals surface area (Å²) in [6.07, 6.45) is 3.78. The Morgan fingerprint density at radius 1 is 1.24 bits per heavy atom. The monoisotopic (exact) mass is 300 g/mol. The Labute approximate surface area is 127 Å². The standard InChI is InChI=1S/C15H16N4OS/c1-10-4-5-11(2)13(8-10)19-7-6-16-15(19)21-9-14-17-12(3)18-20-14/h4-8H,9H2,1-3H3.